The molecule has 4 nitrogen and oxygen atoms in total. The van der Waals surface area contributed by atoms with Gasteiger partial charge in [0.2, 0.25) is 0 Å². The summed E-state index contributed by atoms with van der Waals surface area (Å²) in [4.78, 5) is 22.7. The highest BCUT2D eigenvalue weighted by Gasteiger charge is 2.57. The minimum absolute atomic E-state index is 0.0148. The molecule has 3 rings (SSSR count). The first kappa shape index (κ1) is 12.6. The number of fused-ring (bicyclic) bond motifs is 1. The van der Waals surface area contributed by atoms with Crippen molar-refractivity contribution in [2.24, 2.45) is 17.3 Å². The van der Waals surface area contributed by atoms with Crippen LogP contribution in [0.5, 0.6) is 0 Å². The molecule has 0 unspecified atom stereocenters. The fourth-order valence-corrected chi connectivity index (χ4v) is 3.69. The van der Waals surface area contributed by atoms with Crippen molar-refractivity contribution in [1.29, 1.82) is 0 Å². The van der Waals surface area contributed by atoms with Crippen molar-refractivity contribution in [1.82, 2.24) is 0 Å². The molecule has 0 aromatic heterocycles. The number of rotatable bonds is 3. The van der Waals surface area contributed by atoms with Crippen LogP contribution in [0.3, 0.4) is 0 Å². The Labute approximate surface area is 112 Å². The van der Waals surface area contributed by atoms with Gasteiger partial charge in [0.15, 0.2) is 0 Å². The minimum Gasteiger partial charge on any atom is -0.458 e. The first-order chi connectivity index (χ1) is 8.97. The molecule has 4 heteroatoms. The number of hydrogen-bond acceptors (Lipinski definition) is 4. The summed E-state index contributed by atoms with van der Waals surface area (Å²) in [5.41, 5.74) is 0.945. The Balaban J connectivity index is 1.93. The lowest BCUT2D eigenvalue weighted by Gasteiger charge is -2.44. The smallest absolute Gasteiger partial charge is 0.334 e. The summed E-state index contributed by atoms with van der Waals surface area (Å²) in [5.74, 6) is -0.252. The second-order valence-electron chi connectivity index (χ2n) is 6.09. The van der Waals surface area contributed by atoms with Crippen LogP contribution >= 0.6 is 0 Å². The Kier molecular flexibility index (Phi) is 2.68. The molecule has 0 aromatic carbocycles. The molecular formula is C15H18O4. The monoisotopic (exact) mass is 262 g/mol. The molecule has 1 saturated carbocycles. The standard InChI is InChI=1S/C15H18O4/c1-8(6-16)11-4-10-9(2)14(17)19-12(10)5-15(11,3)13-7-18-13/h6,10-13H,1-2,4-5,7H2,3H3/t10-,11+,12+,13+,15-/m1/s1. The van der Waals surface area contributed by atoms with Gasteiger partial charge in [0.25, 0.3) is 0 Å². The molecule has 0 spiro atoms. The lowest BCUT2D eigenvalue weighted by molar-refractivity contribution is -0.142. The van der Waals surface area contributed by atoms with Crippen molar-refractivity contribution in [3.8, 4) is 0 Å². The predicted octanol–water partition coefficient (Wildman–Crippen LogP) is 1.65. The zero-order valence-corrected chi connectivity index (χ0v) is 11.1. The molecule has 3 fully saturated rings. The molecule has 3 aliphatic rings. The third-order valence-corrected chi connectivity index (χ3v) is 5.01. The van der Waals surface area contributed by atoms with Gasteiger partial charge in [0.1, 0.15) is 12.4 Å². The van der Waals surface area contributed by atoms with Crippen molar-refractivity contribution in [2.75, 3.05) is 6.61 Å². The number of hydrogen-bond donors (Lipinski definition) is 0. The minimum atomic E-state index is -0.300. The van der Waals surface area contributed by atoms with Crippen molar-refractivity contribution in [2.45, 2.75) is 32.0 Å². The Hall–Kier alpha value is -1.42. The van der Waals surface area contributed by atoms with E-state index in [1.54, 1.807) is 0 Å². The van der Waals surface area contributed by atoms with Crippen LogP contribution < -0.4 is 0 Å². The van der Waals surface area contributed by atoms with E-state index in [-0.39, 0.29) is 35.4 Å². The van der Waals surface area contributed by atoms with Crippen LogP contribution in [0.4, 0.5) is 0 Å². The summed E-state index contributed by atoms with van der Waals surface area (Å²) in [6.07, 6.45) is 2.26. The Morgan fingerprint density at radius 2 is 2.21 bits per heavy atom. The molecule has 0 radical (unpaired) electrons. The molecule has 2 aliphatic heterocycles. The molecule has 5 atom stereocenters. The molecule has 2 saturated heterocycles. The van der Waals surface area contributed by atoms with E-state index in [9.17, 15) is 9.59 Å². The molecule has 0 amide bonds. The van der Waals surface area contributed by atoms with Crippen LogP contribution in [0.1, 0.15) is 19.8 Å². The number of carbonyl (C=O) groups is 2. The van der Waals surface area contributed by atoms with Gasteiger partial charge in [-0.05, 0) is 24.3 Å². The van der Waals surface area contributed by atoms with Gasteiger partial charge in [-0.15, -0.1) is 0 Å². The van der Waals surface area contributed by atoms with Gasteiger partial charge < -0.3 is 9.47 Å². The quantitative estimate of drug-likeness (QED) is 0.336. The Morgan fingerprint density at radius 3 is 2.79 bits per heavy atom. The third kappa shape index (κ3) is 1.77. The summed E-state index contributed by atoms with van der Waals surface area (Å²) < 4.78 is 10.9. The van der Waals surface area contributed by atoms with E-state index in [1.165, 1.54) is 0 Å². The number of ether oxygens (including phenoxy) is 2. The summed E-state index contributed by atoms with van der Waals surface area (Å²) in [6, 6.07) is 0. The number of esters is 1. The van der Waals surface area contributed by atoms with Gasteiger partial charge in [-0.25, -0.2) is 4.79 Å². The zero-order valence-electron chi connectivity index (χ0n) is 11.1. The van der Waals surface area contributed by atoms with E-state index >= 15 is 0 Å². The third-order valence-electron chi connectivity index (χ3n) is 5.01. The molecular weight excluding hydrogens is 244 g/mol. The van der Waals surface area contributed by atoms with E-state index in [1.807, 2.05) is 0 Å². The molecule has 1 aliphatic carbocycles. The molecule has 0 bridgehead atoms. The van der Waals surface area contributed by atoms with Crippen molar-refractivity contribution < 1.29 is 19.1 Å². The SMILES string of the molecule is C=C1C(=O)O[C@H]2C[C@@](C)([C@@H]3CO3)[C@H](C(=C)C=O)C[C@H]12. The van der Waals surface area contributed by atoms with Crippen molar-refractivity contribution in [3.05, 3.63) is 24.3 Å². The van der Waals surface area contributed by atoms with Crippen molar-refractivity contribution in [3.63, 3.8) is 0 Å². The summed E-state index contributed by atoms with van der Waals surface area (Å²) in [7, 11) is 0. The van der Waals surface area contributed by atoms with E-state index in [0.29, 0.717) is 30.6 Å². The van der Waals surface area contributed by atoms with E-state index in [2.05, 4.69) is 20.1 Å². The van der Waals surface area contributed by atoms with Crippen LogP contribution in [0.2, 0.25) is 0 Å². The highest BCUT2D eigenvalue weighted by atomic mass is 16.6. The largest absolute Gasteiger partial charge is 0.458 e. The lowest BCUT2D eigenvalue weighted by Crippen LogP contribution is -2.45. The molecule has 0 aromatic rings. The normalized spacial score (nSPS) is 44.5. The Morgan fingerprint density at radius 1 is 1.53 bits per heavy atom. The summed E-state index contributed by atoms with van der Waals surface area (Å²) in [5, 5.41) is 0. The predicted molar refractivity (Wildman–Crippen MR) is 68.3 cm³/mol. The highest BCUT2D eigenvalue weighted by molar-refractivity contribution is 5.91. The zero-order chi connectivity index (χ0) is 13.8. The number of aldehydes is 1. The summed E-state index contributed by atoms with van der Waals surface area (Å²) in [6.45, 7) is 10.5. The van der Waals surface area contributed by atoms with E-state index in [4.69, 9.17) is 9.47 Å². The molecule has 19 heavy (non-hydrogen) atoms. The van der Waals surface area contributed by atoms with Crippen LogP contribution in [0, 0.1) is 17.3 Å². The van der Waals surface area contributed by atoms with E-state index in [0.717, 1.165) is 6.29 Å². The molecule has 2 heterocycles. The van der Waals surface area contributed by atoms with Crippen LogP contribution in [0.25, 0.3) is 0 Å². The van der Waals surface area contributed by atoms with Gasteiger partial charge in [0.05, 0.1) is 12.7 Å². The molecule has 102 valence electrons. The average molecular weight is 262 g/mol. The average Bonchev–Trinajstić information content (AvgIpc) is 3.18. The van der Waals surface area contributed by atoms with Crippen LogP contribution in [0.15, 0.2) is 24.3 Å². The highest BCUT2D eigenvalue weighted by Crippen LogP contribution is 2.55. The maximum atomic E-state index is 11.6. The fourth-order valence-electron chi connectivity index (χ4n) is 3.69. The lowest BCUT2D eigenvalue weighted by atomic mass is 9.59. The van der Waals surface area contributed by atoms with Gasteiger partial charge in [-0.3, -0.25) is 4.79 Å². The van der Waals surface area contributed by atoms with Gasteiger partial charge >= 0.3 is 5.97 Å². The second-order valence-corrected chi connectivity index (χ2v) is 6.09. The number of allylic oxidation sites excluding steroid dienone is 1. The topological polar surface area (TPSA) is 55.9 Å². The number of epoxide rings is 1. The Bertz CT molecular complexity index is 477. The number of carbonyl (C=O) groups excluding carboxylic acids is 2. The first-order valence-electron chi connectivity index (χ1n) is 6.62. The second kappa shape index (κ2) is 4.04. The molecule has 0 N–H and O–H groups in total. The van der Waals surface area contributed by atoms with Gasteiger partial charge in [-0.1, -0.05) is 20.1 Å². The van der Waals surface area contributed by atoms with Gasteiger partial charge in [0, 0.05) is 16.9 Å². The van der Waals surface area contributed by atoms with E-state index < -0.39 is 0 Å². The summed E-state index contributed by atoms with van der Waals surface area (Å²) >= 11 is 0. The fraction of sp³-hybridized carbons (Fsp3) is 0.600. The van der Waals surface area contributed by atoms with Crippen molar-refractivity contribution >= 4 is 12.3 Å². The maximum absolute atomic E-state index is 11.6. The maximum Gasteiger partial charge on any atom is 0.334 e. The first-order valence-corrected chi connectivity index (χ1v) is 6.62. The van der Waals surface area contributed by atoms with Crippen LogP contribution in [-0.2, 0) is 19.1 Å². The van der Waals surface area contributed by atoms with Crippen LogP contribution in [-0.4, -0.2) is 31.1 Å². The van der Waals surface area contributed by atoms with Gasteiger partial charge in [-0.2, -0.15) is 0 Å².